The Kier molecular flexibility index (Phi) is 4.44. The third kappa shape index (κ3) is 3.74. The van der Waals surface area contributed by atoms with Crippen LogP contribution in [0.25, 0.3) is 0 Å². The van der Waals surface area contributed by atoms with Gasteiger partial charge in [0.25, 0.3) is 0 Å². The zero-order chi connectivity index (χ0) is 12.1. The molecule has 1 fully saturated rings. The Hall–Kier alpha value is -1.01. The molecule has 0 bridgehead atoms. The Bertz CT molecular complexity index is 304. The molecule has 2 unspecified atom stereocenters. The smallest absolute Gasteiger partial charge is 0.111 e. The summed E-state index contributed by atoms with van der Waals surface area (Å²) in [6, 6.07) is 2.86. The second-order valence-corrected chi connectivity index (χ2v) is 5.19. The van der Waals surface area contributed by atoms with Gasteiger partial charge in [-0.3, -0.25) is 4.90 Å². The van der Waals surface area contributed by atoms with E-state index in [-0.39, 0.29) is 0 Å². The highest BCUT2D eigenvalue weighted by Crippen LogP contribution is 2.35. The summed E-state index contributed by atoms with van der Waals surface area (Å²) in [6.07, 6.45) is 9.80. The zero-order valence-corrected chi connectivity index (χ0v) is 10.6. The number of allylic oxidation sites excluding steroid dienone is 1. The topological polar surface area (TPSA) is 36.3 Å². The first-order chi connectivity index (χ1) is 8.31. The Labute approximate surface area is 104 Å². The Morgan fingerprint density at radius 1 is 1.47 bits per heavy atom. The molecule has 3 heteroatoms. The number of ether oxygens (including phenoxy) is 1. The van der Waals surface area contributed by atoms with E-state index in [0.717, 1.165) is 31.8 Å². The van der Waals surface area contributed by atoms with Crippen LogP contribution in [0.5, 0.6) is 0 Å². The van der Waals surface area contributed by atoms with Crippen LogP contribution in [-0.4, -0.2) is 30.1 Å². The van der Waals surface area contributed by atoms with Gasteiger partial charge in [0.05, 0.1) is 12.3 Å². The van der Waals surface area contributed by atoms with E-state index in [4.69, 9.17) is 10.00 Å². The second kappa shape index (κ2) is 6.07. The van der Waals surface area contributed by atoms with Crippen LogP contribution in [0.15, 0.2) is 12.3 Å². The van der Waals surface area contributed by atoms with Gasteiger partial charge in [-0.05, 0) is 44.6 Å². The van der Waals surface area contributed by atoms with Crippen LogP contribution in [0.1, 0.15) is 39.0 Å². The molecule has 2 aliphatic rings. The van der Waals surface area contributed by atoms with Crippen LogP contribution in [0.3, 0.4) is 0 Å². The second-order valence-electron chi connectivity index (χ2n) is 5.19. The first kappa shape index (κ1) is 12.4. The molecule has 94 valence electrons. The average Bonchev–Trinajstić information content (AvgIpc) is 3.19. The third-order valence-electron chi connectivity index (χ3n) is 3.85. The van der Waals surface area contributed by atoms with Crippen molar-refractivity contribution in [2.24, 2.45) is 5.92 Å². The van der Waals surface area contributed by atoms with Gasteiger partial charge >= 0.3 is 0 Å². The average molecular weight is 234 g/mol. The quantitative estimate of drug-likeness (QED) is 0.709. The summed E-state index contributed by atoms with van der Waals surface area (Å²) in [7, 11) is 0. The molecule has 1 saturated carbocycles. The number of rotatable bonds is 6. The lowest BCUT2D eigenvalue weighted by atomic mass is 10.1. The Balaban J connectivity index is 1.85. The van der Waals surface area contributed by atoms with E-state index in [9.17, 15) is 0 Å². The summed E-state index contributed by atoms with van der Waals surface area (Å²) in [4.78, 5) is 2.45. The molecule has 0 amide bonds. The Morgan fingerprint density at radius 2 is 2.29 bits per heavy atom. The van der Waals surface area contributed by atoms with E-state index < -0.39 is 0 Å². The summed E-state index contributed by atoms with van der Waals surface area (Å²) < 4.78 is 5.63. The van der Waals surface area contributed by atoms with Crippen LogP contribution in [0.2, 0.25) is 0 Å². The first-order valence-corrected chi connectivity index (χ1v) is 6.72. The van der Waals surface area contributed by atoms with Gasteiger partial charge in [-0.1, -0.05) is 0 Å². The minimum atomic E-state index is 0.319. The largest absolute Gasteiger partial charge is 0.497 e. The molecule has 0 radical (unpaired) electrons. The lowest BCUT2D eigenvalue weighted by molar-refractivity contribution is 0.0601. The van der Waals surface area contributed by atoms with E-state index in [0.29, 0.717) is 18.6 Å². The fourth-order valence-corrected chi connectivity index (χ4v) is 2.51. The minimum absolute atomic E-state index is 0.319. The van der Waals surface area contributed by atoms with E-state index >= 15 is 0 Å². The van der Waals surface area contributed by atoms with Gasteiger partial charge in [-0.2, -0.15) is 5.26 Å². The van der Waals surface area contributed by atoms with Crippen molar-refractivity contribution < 1.29 is 4.74 Å². The number of hydrogen-bond donors (Lipinski definition) is 0. The molecule has 1 heterocycles. The van der Waals surface area contributed by atoms with E-state index in [1.807, 2.05) is 6.26 Å². The van der Waals surface area contributed by atoms with E-state index in [1.165, 1.54) is 12.8 Å². The summed E-state index contributed by atoms with van der Waals surface area (Å²) in [5.74, 6) is 0.854. The highest BCUT2D eigenvalue weighted by atomic mass is 16.5. The molecule has 17 heavy (non-hydrogen) atoms. The lowest BCUT2D eigenvalue weighted by Gasteiger charge is -2.32. The van der Waals surface area contributed by atoms with Gasteiger partial charge in [0, 0.05) is 25.6 Å². The molecule has 0 spiro atoms. The predicted octanol–water partition coefficient (Wildman–Crippen LogP) is 2.69. The summed E-state index contributed by atoms with van der Waals surface area (Å²) >= 11 is 0. The van der Waals surface area contributed by atoms with Crippen LogP contribution < -0.4 is 0 Å². The maximum atomic E-state index is 8.74. The van der Waals surface area contributed by atoms with Crippen molar-refractivity contribution in [3.8, 4) is 6.07 Å². The minimum Gasteiger partial charge on any atom is -0.497 e. The van der Waals surface area contributed by atoms with Gasteiger partial charge in [0.1, 0.15) is 6.10 Å². The van der Waals surface area contributed by atoms with Crippen molar-refractivity contribution in [1.29, 1.82) is 5.26 Å². The molecule has 1 aliphatic carbocycles. The molecule has 0 aromatic heterocycles. The van der Waals surface area contributed by atoms with Gasteiger partial charge in [0.2, 0.25) is 0 Å². The van der Waals surface area contributed by atoms with Gasteiger partial charge < -0.3 is 4.74 Å². The molecule has 0 N–H and O–H groups in total. The summed E-state index contributed by atoms with van der Waals surface area (Å²) in [5.41, 5.74) is 0. The van der Waals surface area contributed by atoms with Crippen LogP contribution >= 0.6 is 0 Å². The number of nitrogens with zero attached hydrogens (tertiary/aromatic N) is 2. The molecule has 1 aliphatic heterocycles. The fraction of sp³-hybridized carbons (Fsp3) is 0.786. The maximum Gasteiger partial charge on any atom is 0.111 e. The summed E-state index contributed by atoms with van der Waals surface area (Å²) in [5, 5.41) is 8.74. The zero-order valence-electron chi connectivity index (χ0n) is 10.6. The number of nitriles is 1. The highest BCUT2D eigenvalue weighted by Gasteiger charge is 2.32. The van der Waals surface area contributed by atoms with Gasteiger partial charge in [-0.25, -0.2) is 0 Å². The fourth-order valence-electron chi connectivity index (χ4n) is 2.51. The van der Waals surface area contributed by atoms with Crippen molar-refractivity contribution in [1.82, 2.24) is 4.90 Å². The van der Waals surface area contributed by atoms with Gasteiger partial charge in [0.15, 0.2) is 0 Å². The molecular weight excluding hydrogens is 212 g/mol. The van der Waals surface area contributed by atoms with Crippen molar-refractivity contribution in [3.05, 3.63) is 12.3 Å². The summed E-state index contributed by atoms with van der Waals surface area (Å²) in [6.45, 7) is 4.16. The SMILES string of the molecule is CC(C1CC1)N(CCC#N)CC1CCC=CO1. The first-order valence-electron chi connectivity index (χ1n) is 6.72. The van der Waals surface area contributed by atoms with Crippen LogP contribution in [0, 0.1) is 17.2 Å². The van der Waals surface area contributed by atoms with Gasteiger partial charge in [-0.15, -0.1) is 0 Å². The predicted molar refractivity (Wildman–Crippen MR) is 67.2 cm³/mol. The Morgan fingerprint density at radius 3 is 2.88 bits per heavy atom. The third-order valence-corrected chi connectivity index (χ3v) is 3.85. The lowest BCUT2D eigenvalue weighted by Crippen LogP contribution is -2.41. The molecule has 0 saturated heterocycles. The molecular formula is C14H22N2O. The van der Waals surface area contributed by atoms with E-state index in [2.05, 4.69) is 24.0 Å². The standard InChI is InChI=1S/C14H22N2O/c1-12(13-6-7-13)16(9-4-8-15)11-14-5-2-3-10-17-14/h3,10,12-14H,2,4-7,9,11H2,1H3. The van der Waals surface area contributed by atoms with Crippen molar-refractivity contribution in [2.45, 2.75) is 51.2 Å². The normalized spacial score (nSPS) is 25.4. The van der Waals surface area contributed by atoms with Crippen molar-refractivity contribution in [3.63, 3.8) is 0 Å². The van der Waals surface area contributed by atoms with Crippen LogP contribution in [-0.2, 0) is 4.74 Å². The van der Waals surface area contributed by atoms with Crippen molar-refractivity contribution in [2.75, 3.05) is 13.1 Å². The maximum absolute atomic E-state index is 8.74. The van der Waals surface area contributed by atoms with Crippen LogP contribution in [0.4, 0.5) is 0 Å². The monoisotopic (exact) mass is 234 g/mol. The highest BCUT2D eigenvalue weighted by molar-refractivity contribution is 4.89. The van der Waals surface area contributed by atoms with Crippen molar-refractivity contribution >= 4 is 0 Å². The molecule has 2 rings (SSSR count). The number of hydrogen-bond acceptors (Lipinski definition) is 3. The molecule has 0 aromatic carbocycles. The molecule has 2 atom stereocenters. The molecule has 0 aromatic rings. The van der Waals surface area contributed by atoms with E-state index in [1.54, 1.807) is 0 Å². The molecule has 3 nitrogen and oxygen atoms in total.